The van der Waals surface area contributed by atoms with Gasteiger partial charge in [0, 0.05) is 49.8 Å². The topological polar surface area (TPSA) is 60.5 Å². The number of carbonyl (C=O) groups excluding carboxylic acids is 1. The molecular formula is C20H27N5O. The van der Waals surface area contributed by atoms with E-state index in [1.54, 1.807) is 12.3 Å². The molecule has 6 heteroatoms. The molecular weight excluding hydrogens is 326 g/mol. The number of aromatic nitrogens is 1. The normalized spacial score (nSPS) is 15.2. The van der Waals surface area contributed by atoms with Crippen molar-refractivity contribution in [1.29, 1.82) is 0 Å². The number of amides is 1. The fourth-order valence-electron chi connectivity index (χ4n) is 2.92. The quantitative estimate of drug-likeness (QED) is 0.865. The Bertz CT molecular complexity index is 719. The van der Waals surface area contributed by atoms with Crippen molar-refractivity contribution in [1.82, 2.24) is 15.2 Å². The Labute approximate surface area is 155 Å². The lowest BCUT2D eigenvalue weighted by Gasteiger charge is -2.34. The van der Waals surface area contributed by atoms with Gasteiger partial charge in [0.25, 0.3) is 5.91 Å². The molecule has 1 saturated heterocycles. The maximum absolute atomic E-state index is 12.0. The molecule has 0 atom stereocenters. The van der Waals surface area contributed by atoms with Gasteiger partial charge in [-0.15, -0.1) is 0 Å². The number of benzene rings is 1. The van der Waals surface area contributed by atoms with E-state index < -0.39 is 0 Å². The molecule has 0 radical (unpaired) electrons. The number of nitrogens with one attached hydrogen (secondary N) is 2. The van der Waals surface area contributed by atoms with E-state index in [0.29, 0.717) is 5.56 Å². The first-order chi connectivity index (χ1) is 12.5. The molecule has 2 aromatic rings. The zero-order chi connectivity index (χ0) is 18.5. The van der Waals surface area contributed by atoms with Crippen LogP contribution in [0.2, 0.25) is 0 Å². The minimum absolute atomic E-state index is 0.101. The summed E-state index contributed by atoms with van der Waals surface area (Å²) in [7, 11) is 2.16. The lowest BCUT2D eigenvalue weighted by atomic mass is 10.2. The van der Waals surface area contributed by atoms with Crippen LogP contribution in [-0.4, -0.2) is 55.1 Å². The molecule has 26 heavy (non-hydrogen) atoms. The number of likely N-dealkylation sites (N-methyl/N-ethyl adjacent to an activating group) is 1. The highest BCUT2D eigenvalue weighted by atomic mass is 16.1. The Kier molecular flexibility index (Phi) is 5.73. The summed E-state index contributed by atoms with van der Waals surface area (Å²) < 4.78 is 0. The van der Waals surface area contributed by atoms with E-state index >= 15 is 0 Å². The number of rotatable bonds is 5. The lowest BCUT2D eigenvalue weighted by molar-refractivity contribution is 0.0943. The standard InChI is InChI=1S/C20H27N5O/c1-15(2)22-20(26)16-4-9-19(21-14-16)23-17-5-7-18(8-6-17)25-12-10-24(3)11-13-25/h4-9,14-15H,10-13H2,1-3H3,(H,21,23)(H,22,26). The SMILES string of the molecule is CC(C)NC(=O)c1ccc(Nc2ccc(N3CCN(C)CC3)cc2)nc1. The van der Waals surface area contributed by atoms with E-state index in [9.17, 15) is 4.79 Å². The molecule has 0 aliphatic carbocycles. The van der Waals surface area contributed by atoms with Crippen molar-refractivity contribution < 1.29 is 4.79 Å². The molecule has 1 amide bonds. The summed E-state index contributed by atoms with van der Waals surface area (Å²) in [5.41, 5.74) is 2.79. The van der Waals surface area contributed by atoms with Crippen LogP contribution in [0.5, 0.6) is 0 Å². The monoisotopic (exact) mass is 353 g/mol. The second-order valence-corrected chi connectivity index (χ2v) is 7.02. The molecule has 6 nitrogen and oxygen atoms in total. The summed E-state index contributed by atoms with van der Waals surface area (Å²) in [5, 5.41) is 6.14. The van der Waals surface area contributed by atoms with Crippen LogP contribution in [0.15, 0.2) is 42.6 Å². The maximum Gasteiger partial charge on any atom is 0.253 e. The molecule has 138 valence electrons. The molecule has 0 unspecified atom stereocenters. The highest BCUT2D eigenvalue weighted by molar-refractivity contribution is 5.94. The number of carbonyl (C=O) groups is 1. The number of pyridine rings is 1. The second kappa shape index (κ2) is 8.19. The van der Waals surface area contributed by atoms with Crippen LogP contribution in [-0.2, 0) is 0 Å². The zero-order valence-corrected chi connectivity index (χ0v) is 15.7. The number of anilines is 3. The Balaban J connectivity index is 1.59. The maximum atomic E-state index is 12.0. The van der Waals surface area contributed by atoms with E-state index in [-0.39, 0.29) is 11.9 Å². The molecule has 1 aromatic carbocycles. The van der Waals surface area contributed by atoms with Gasteiger partial charge in [-0.2, -0.15) is 0 Å². The summed E-state index contributed by atoms with van der Waals surface area (Å²) in [6, 6.07) is 12.1. The highest BCUT2D eigenvalue weighted by Crippen LogP contribution is 2.21. The summed E-state index contributed by atoms with van der Waals surface area (Å²) in [4.78, 5) is 21.0. The van der Waals surface area contributed by atoms with Gasteiger partial charge in [0.15, 0.2) is 0 Å². The van der Waals surface area contributed by atoms with Crippen molar-refractivity contribution >= 4 is 23.1 Å². The molecule has 2 heterocycles. The van der Waals surface area contributed by atoms with Crippen LogP contribution in [0.3, 0.4) is 0 Å². The first kappa shape index (κ1) is 18.2. The Hall–Kier alpha value is -2.60. The van der Waals surface area contributed by atoms with Gasteiger partial charge < -0.3 is 20.4 Å². The number of hydrogen-bond acceptors (Lipinski definition) is 5. The Morgan fingerprint density at radius 2 is 1.73 bits per heavy atom. The largest absolute Gasteiger partial charge is 0.369 e. The van der Waals surface area contributed by atoms with Gasteiger partial charge in [-0.25, -0.2) is 4.98 Å². The third kappa shape index (κ3) is 4.73. The molecule has 0 saturated carbocycles. The predicted molar refractivity (Wildman–Crippen MR) is 106 cm³/mol. The van der Waals surface area contributed by atoms with E-state index in [4.69, 9.17) is 0 Å². The van der Waals surface area contributed by atoms with Crippen LogP contribution in [0, 0.1) is 0 Å². The first-order valence-corrected chi connectivity index (χ1v) is 9.09. The molecule has 2 N–H and O–H groups in total. The summed E-state index contributed by atoms with van der Waals surface area (Å²) >= 11 is 0. The van der Waals surface area contributed by atoms with Gasteiger partial charge in [0.05, 0.1) is 5.56 Å². The highest BCUT2D eigenvalue weighted by Gasteiger charge is 2.14. The van der Waals surface area contributed by atoms with Crippen molar-refractivity contribution in [2.75, 3.05) is 43.4 Å². The van der Waals surface area contributed by atoms with Crippen LogP contribution >= 0.6 is 0 Å². The van der Waals surface area contributed by atoms with Crippen molar-refractivity contribution in [3.63, 3.8) is 0 Å². The van der Waals surface area contributed by atoms with Crippen molar-refractivity contribution in [2.45, 2.75) is 19.9 Å². The Morgan fingerprint density at radius 3 is 2.31 bits per heavy atom. The average Bonchev–Trinajstić information content (AvgIpc) is 2.63. The zero-order valence-electron chi connectivity index (χ0n) is 15.7. The van der Waals surface area contributed by atoms with E-state index in [2.05, 4.69) is 56.7 Å². The molecule has 1 aliphatic rings. The van der Waals surface area contributed by atoms with E-state index in [0.717, 1.165) is 37.7 Å². The summed E-state index contributed by atoms with van der Waals surface area (Å²) in [5.74, 6) is 0.619. The fraction of sp³-hybridized carbons (Fsp3) is 0.400. The van der Waals surface area contributed by atoms with Gasteiger partial charge in [-0.05, 0) is 57.3 Å². The van der Waals surface area contributed by atoms with Gasteiger partial charge in [0.1, 0.15) is 5.82 Å². The van der Waals surface area contributed by atoms with Crippen LogP contribution in [0.4, 0.5) is 17.2 Å². The molecule has 0 bridgehead atoms. The van der Waals surface area contributed by atoms with Gasteiger partial charge in [-0.1, -0.05) is 0 Å². The molecule has 3 rings (SSSR count). The minimum Gasteiger partial charge on any atom is -0.369 e. The molecule has 1 fully saturated rings. The lowest BCUT2D eigenvalue weighted by Crippen LogP contribution is -2.44. The van der Waals surface area contributed by atoms with Gasteiger partial charge in [-0.3, -0.25) is 4.79 Å². The van der Waals surface area contributed by atoms with Crippen LogP contribution in [0.25, 0.3) is 0 Å². The van der Waals surface area contributed by atoms with Crippen molar-refractivity contribution in [3.8, 4) is 0 Å². The predicted octanol–water partition coefficient (Wildman–Crippen LogP) is 2.72. The molecule has 1 aromatic heterocycles. The van der Waals surface area contributed by atoms with Crippen LogP contribution in [0.1, 0.15) is 24.2 Å². The first-order valence-electron chi connectivity index (χ1n) is 9.09. The summed E-state index contributed by atoms with van der Waals surface area (Å²) in [6.07, 6.45) is 1.60. The third-order valence-corrected chi connectivity index (χ3v) is 4.45. The van der Waals surface area contributed by atoms with E-state index in [1.807, 2.05) is 19.9 Å². The molecule has 1 aliphatic heterocycles. The summed E-state index contributed by atoms with van der Waals surface area (Å²) in [6.45, 7) is 8.19. The smallest absolute Gasteiger partial charge is 0.253 e. The van der Waals surface area contributed by atoms with Gasteiger partial charge >= 0.3 is 0 Å². The van der Waals surface area contributed by atoms with Crippen LogP contribution < -0.4 is 15.5 Å². The average molecular weight is 353 g/mol. The van der Waals surface area contributed by atoms with Crippen molar-refractivity contribution in [3.05, 3.63) is 48.2 Å². The Morgan fingerprint density at radius 1 is 1.04 bits per heavy atom. The molecule has 0 spiro atoms. The number of nitrogens with zero attached hydrogens (tertiary/aromatic N) is 3. The fourth-order valence-corrected chi connectivity index (χ4v) is 2.92. The minimum atomic E-state index is -0.101. The number of piperazine rings is 1. The number of hydrogen-bond donors (Lipinski definition) is 2. The van der Waals surface area contributed by atoms with Crippen molar-refractivity contribution in [2.24, 2.45) is 0 Å². The van der Waals surface area contributed by atoms with Gasteiger partial charge in [0.2, 0.25) is 0 Å². The van der Waals surface area contributed by atoms with E-state index in [1.165, 1.54) is 5.69 Å². The second-order valence-electron chi connectivity index (χ2n) is 7.02. The third-order valence-electron chi connectivity index (χ3n) is 4.45.